The van der Waals surface area contributed by atoms with Crippen molar-refractivity contribution < 1.29 is 38.4 Å². The zero-order valence-electron chi connectivity index (χ0n) is 15.2. The molecule has 1 aliphatic rings. The number of nitro groups is 2. The number of carbonyl (C=O) groups is 2. The molecule has 0 amide bonds. The van der Waals surface area contributed by atoms with Crippen LogP contribution >= 0.6 is 0 Å². The summed E-state index contributed by atoms with van der Waals surface area (Å²) in [5.74, 6) is -2.19. The van der Waals surface area contributed by atoms with Crippen molar-refractivity contribution in [3.8, 4) is 0 Å². The van der Waals surface area contributed by atoms with Crippen molar-refractivity contribution in [2.24, 2.45) is 0 Å². The van der Waals surface area contributed by atoms with Crippen LogP contribution in [0.1, 0.15) is 20.7 Å². The van der Waals surface area contributed by atoms with Gasteiger partial charge in [-0.05, 0) is 12.1 Å². The highest BCUT2D eigenvalue weighted by Crippen LogP contribution is 2.24. The molecule has 0 spiro atoms. The number of ether oxygens (including phenoxy) is 4. The molecule has 0 aliphatic carbocycles. The van der Waals surface area contributed by atoms with Gasteiger partial charge in [0.1, 0.15) is 11.1 Å². The Hall–Kier alpha value is -3.90. The summed E-state index contributed by atoms with van der Waals surface area (Å²) in [7, 11) is 0. The van der Waals surface area contributed by atoms with E-state index in [0.717, 1.165) is 12.1 Å². The van der Waals surface area contributed by atoms with Gasteiger partial charge in [0.05, 0.1) is 23.1 Å². The Labute approximate surface area is 168 Å². The van der Waals surface area contributed by atoms with Crippen molar-refractivity contribution >= 4 is 23.3 Å². The molecule has 3 rings (SSSR count). The molecule has 1 saturated heterocycles. The number of carbonyl (C=O) groups excluding carboxylic acids is 2. The van der Waals surface area contributed by atoms with E-state index < -0.39 is 45.7 Å². The molecular weight excluding hydrogens is 404 g/mol. The normalized spacial score (nSPS) is 18.3. The van der Waals surface area contributed by atoms with E-state index in [1.165, 1.54) is 36.4 Å². The molecule has 12 heteroatoms. The molecule has 0 N–H and O–H groups in total. The monoisotopic (exact) mass is 418 g/mol. The van der Waals surface area contributed by atoms with Crippen LogP contribution in [0.2, 0.25) is 0 Å². The first-order valence-electron chi connectivity index (χ1n) is 8.50. The van der Waals surface area contributed by atoms with Gasteiger partial charge in [-0.2, -0.15) is 0 Å². The van der Waals surface area contributed by atoms with Gasteiger partial charge in [0.15, 0.2) is 0 Å². The predicted molar refractivity (Wildman–Crippen MR) is 96.5 cm³/mol. The van der Waals surface area contributed by atoms with Crippen LogP contribution in [0.5, 0.6) is 0 Å². The molecule has 2 aromatic carbocycles. The summed E-state index contributed by atoms with van der Waals surface area (Å²) in [6, 6.07) is 10.2. The molecule has 0 saturated carbocycles. The maximum absolute atomic E-state index is 12.4. The Bertz CT molecular complexity index is 913. The van der Waals surface area contributed by atoms with E-state index in [9.17, 15) is 29.8 Å². The van der Waals surface area contributed by atoms with E-state index in [2.05, 4.69) is 0 Å². The van der Waals surface area contributed by atoms with Gasteiger partial charge in [-0.15, -0.1) is 0 Å². The molecule has 0 aromatic heterocycles. The summed E-state index contributed by atoms with van der Waals surface area (Å²) in [5, 5.41) is 22.2. The lowest BCUT2D eigenvalue weighted by Crippen LogP contribution is -2.44. The molecule has 2 aromatic rings. The first-order valence-corrected chi connectivity index (χ1v) is 8.50. The smallest absolute Gasteiger partial charge is 0.347 e. The second-order valence-electron chi connectivity index (χ2n) is 5.84. The van der Waals surface area contributed by atoms with Gasteiger partial charge in [-0.3, -0.25) is 20.2 Å². The molecule has 12 nitrogen and oxygen atoms in total. The van der Waals surface area contributed by atoms with Gasteiger partial charge >= 0.3 is 11.9 Å². The van der Waals surface area contributed by atoms with Crippen LogP contribution < -0.4 is 0 Å². The fourth-order valence-corrected chi connectivity index (χ4v) is 2.61. The maximum atomic E-state index is 12.4. The Morgan fingerprint density at radius 1 is 0.767 bits per heavy atom. The Morgan fingerprint density at radius 3 is 1.50 bits per heavy atom. The first-order chi connectivity index (χ1) is 14.4. The SMILES string of the molecule is O=C(OC1OCCOC1OC(=O)c1ccccc1[N+](=O)[O-])c1ccccc1[N+](=O)[O-]. The van der Waals surface area contributed by atoms with Crippen LogP contribution in [-0.4, -0.2) is 47.6 Å². The number of esters is 2. The lowest BCUT2D eigenvalue weighted by molar-refractivity contribution is -0.385. The van der Waals surface area contributed by atoms with E-state index in [1.807, 2.05) is 0 Å². The molecule has 1 aliphatic heterocycles. The van der Waals surface area contributed by atoms with Crippen LogP contribution in [0, 0.1) is 20.2 Å². The summed E-state index contributed by atoms with van der Waals surface area (Å²) >= 11 is 0. The summed E-state index contributed by atoms with van der Waals surface area (Å²) in [6.45, 7) is -0.0112. The van der Waals surface area contributed by atoms with Gasteiger partial charge in [0.2, 0.25) is 0 Å². The predicted octanol–water partition coefficient (Wildman–Crippen LogP) is 2.22. The minimum atomic E-state index is -1.53. The minimum absolute atomic E-state index is 0.00559. The van der Waals surface area contributed by atoms with E-state index >= 15 is 0 Å². The number of benzene rings is 2. The number of para-hydroxylation sites is 2. The Kier molecular flexibility index (Phi) is 6.29. The zero-order chi connectivity index (χ0) is 21.7. The van der Waals surface area contributed by atoms with Crippen molar-refractivity contribution in [2.75, 3.05) is 13.2 Å². The highest BCUT2D eigenvalue weighted by atomic mass is 16.8. The van der Waals surface area contributed by atoms with Crippen molar-refractivity contribution in [3.63, 3.8) is 0 Å². The number of nitrogens with zero attached hydrogens (tertiary/aromatic N) is 2. The van der Waals surface area contributed by atoms with Crippen molar-refractivity contribution in [2.45, 2.75) is 12.6 Å². The molecule has 2 atom stereocenters. The lowest BCUT2D eigenvalue weighted by Gasteiger charge is -2.30. The summed E-state index contributed by atoms with van der Waals surface area (Å²) in [5.41, 5.74) is -1.62. The van der Waals surface area contributed by atoms with Gasteiger partial charge in [-0.1, -0.05) is 24.3 Å². The molecule has 2 unspecified atom stereocenters. The van der Waals surface area contributed by atoms with Crippen LogP contribution in [0.3, 0.4) is 0 Å². The fourth-order valence-electron chi connectivity index (χ4n) is 2.61. The van der Waals surface area contributed by atoms with Crippen LogP contribution in [0.25, 0.3) is 0 Å². The maximum Gasteiger partial charge on any atom is 0.347 e. The van der Waals surface area contributed by atoms with Gasteiger partial charge in [0.25, 0.3) is 24.0 Å². The van der Waals surface area contributed by atoms with Crippen LogP contribution in [0.4, 0.5) is 11.4 Å². The fraction of sp³-hybridized carbons (Fsp3) is 0.222. The van der Waals surface area contributed by atoms with Crippen LogP contribution in [-0.2, 0) is 18.9 Å². The van der Waals surface area contributed by atoms with E-state index in [0.29, 0.717) is 0 Å². The second kappa shape index (κ2) is 9.07. The van der Waals surface area contributed by atoms with E-state index in [4.69, 9.17) is 18.9 Å². The van der Waals surface area contributed by atoms with E-state index in [-0.39, 0.29) is 24.3 Å². The molecule has 30 heavy (non-hydrogen) atoms. The topological polar surface area (TPSA) is 157 Å². The standard InChI is InChI=1S/C18H14N2O10/c21-15(11-5-1-3-7-13(11)19(23)24)29-17-18(28-10-9-27-17)30-16(22)12-6-2-4-8-14(12)20(25)26/h1-8,17-18H,9-10H2. The van der Waals surface area contributed by atoms with Crippen molar-refractivity contribution in [1.29, 1.82) is 0 Å². The summed E-state index contributed by atoms with van der Waals surface area (Å²) < 4.78 is 20.7. The lowest BCUT2D eigenvalue weighted by atomic mass is 10.2. The molecule has 0 bridgehead atoms. The zero-order valence-corrected chi connectivity index (χ0v) is 15.2. The van der Waals surface area contributed by atoms with Crippen molar-refractivity contribution in [3.05, 3.63) is 79.9 Å². The first kappa shape index (κ1) is 20.8. The molecule has 1 fully saturated rings. The molecule has 0 radical (unpaired) electrons. The minimum Gasteiger partial charge on any atom is -0.425 e. The number of hydrogen-bond donors (Lipinski definition) is 0. The number of rotatable bonds is 6. The van der Waals surface area contributed by atoms with E-state index in [1.54, 1.807) is 0 Å². The largest absolute Gasteiger partial charge is 0.425 e. The molecular formula is C18H14N2O10. The molecule has 1 heterocycles. The van der Waals surface area contributed by atoms with Gasteiger partial charge < -0.3 is 18.9 Å². The third-order valence-electron chi connectivity index (χ3n) is 3.96. The Balaban J connectivity index is 1.76. The third-order valence-corrected chi connectivity index (χ3v) is 3.96. The number of hydrogen-bond acceptors (Lipinski definition) is 10. The highest BCUT2D eigenvalue weighted by Gasteiger charge is 2.36. The average molecular weight is 418 g/mol. The van der Waals surface area contributed by atoms with Crippen LogP contribution in [0.15, 0.2) is 48.5 Å². The number of nitro benzene ring substituents is 2. The van der Waals surface area contributed by atoms with Gasteiger partial charge in [-0.25, -0.2) is 9.59 Å². The summed E-state index contributed by atoms with van der Waals surface area (Å²) in [4.78, 5) is 45.5. The molecule has 156 valence electrons. The third kappa shape index (κ3) is 4.56. The Morgan fingerprint density at radius 2 is 1.13 bits per heavy atom. The quantitative estimate of drug-likeness (QED) is 0.387. The second-order valence-corrected chi connectivity index (χ2v) is 5.84. The highest BCUT2D eigenvalue weighted by molar-refractivity contribution is 5.94. The van der Waals surface area contributed by atoms with Gasteiger partial charge in [0, 0.05) is 12.1 Å². The average Bonchev–Trinajstić information content (AvgIpc) is 2.75. The summed E-state index contributed by atoms with van der Waals surface area (Å²) in [6.07, 6.45) is -3.06. The van der Waals surface area contributed by atoms with Crippen molar-refractivity contribution in [1.82, 2.24) is 0 Å².